The van der Waals surface area contributed by atoms with Crippen LogP contribution in [0.15, 0.2) is 41.5 Å². The minimum absolute atomic E-state index is 0.00614. The molecule has 0 unspecified atom stereocenters. The molecule has 3 saturated carbocycles. The SMILES string of the molecule is CC1=C([C@@H]2O[C@@H]3C[C@H](C)CC[C@H]3C(C)(C)N2Cc2ccccc2)C(=O)[C@@H]2[C@H]3CC[C@H](C3)[C@H]12. The molecule has 32 heavy (non-hydrogen) atoms. The van der Waals surface area contributed by atoms with Crippen molar-refractivity contribution < 1.29 is 9.53 Å². The molecule has 3 heteroatoms. The summed E-state index contributed by atoms with van der Waals surface area (Å²) < 4.78 is 7.01. The number of fused-ring (bicyclic) bond motifs is 6. The Labute approximate surface area is 193 Å². The van der Waals surface area contributed by atoms with Gasteiger partial charge in [0.1, 0.15) is 6.23 Å². The predicted molar refractivity (Wildman–Crippen MR) is 127 cm³/mol. The maximum atomic E-state index is 14.0. The molecule has 1 heterocycles. The Morgan fingerprint density at radius 2 is 1.72 bits per heavy atom. The molecular formula is C29H39NO2. The molecule has 1 aliphatic heterocycles. The zero-order valence-electron chi connectivity index (χ0n) is 20.2. The number of Topliss-reactive ketones (excluding diaryl/α,β-unsaturated/α-hetero) is 1. The third-order valence-corrected chi connectivity index (χ3v) is 10.1. The fourth-order valence-electron chi connectivity index (χ4n) is 8.49. The van der Waals surface area contributed by atoms with Crippen molar-refractivity contribution in [3.63, 3.8) is 0 Å². The van der Waals surface area contributed by atoms with Gasteiger partial charge in [-0.05, 0) is 82.1 Å². The van der Waals surface area contributed by atoms with Gasteiger partial charge in [-0.15, -0.1) is 0 Å². The van der Waals surface area contributed by atoms with E-state index >= 15 is 0 Å². The van der Waals surface area contributed by atoms with E-state index in [4.69, 9.17) is 4.74 Å². The second kappa shape index (κ2) is 7.53. The van der Waals surface area contributed by atoms with Crippen LogP contribution in [-0.4, -0.2) is 28.6 Å². The molecule has 1 aromatic rings. The lowest BCUT2D eigenvalue weighted by Crippen LogP contribution is -2.65. The van der Waals surface area contributed by atoms with Crippen LogP contribution in [0, 0.1) is 35.5 Å². The molecule has 3 nitrogen and oxygen atoms in total. The smallest absolute Gasteiger partial charge is 0.166 e. The summed E-state index contributed by atoms with van der Waals surface area (Å²) in [4.78, 5) is 16.5. The molecule has 0 aromatic heterocycles. The molecule has 0 spiro atoms. The van der Waals surface area contributed by atoms with Gasteiger partial charge in [-0.2, -0.15) is 0 Å². The van der Waals surface area contributed by atoms with Gasteiger partial charge in [0.25, 0.3) is 0 Å². The van der Waals surface area contributed by atoms with Gasteiger partial charge in [-0.25, -0.2) is 0 Å². The van der Waals surface area contributed by atoms with Gasteiger partial charge in [-0.1, -0.05) is 49.2 Å². The van der Waals surface area contributed by atoms with Crippen molar-refractivity contribution >= 4 is 5.78 Å². The summed E-state index contributed by atoms with van der Waals surface area (Å²) in [6.45, 7) is 10.3. The lowest BCUT2D eigenvalue weighted by molar-refractivity contribution is -0.223. The summed E-state index contributed by atoms with van der Waals surface area (Å²) in [7, 11) is 0. The largest absolute Gasteiger partial charge is 0.355 e. The number of ketones is 1. The van der Waals surface area contributed by atoms with Gasteiger partial charge in [0, 0.05) is 29.5 Å². The highest BCUT2D eigenvalue weighted by Crippen LogP contribution is 2.60. The van der Waals surface area contributed by atoms with Crippen LogP contribution in [-0.2, 0) is 16.1 Å². The summed E-state index contributed by atoms with van der Waals surface area (Å²) in [5.74, 6) is 3.74. The van der Waals surface area contributed by atoms with Crippen LogP contribution in [0.25, 0.3) is 0 Å². The Morgan fingerprint density at radius 3 is 2.44 bits per heavy atom. The van der Waals surface area contributed by atoms with Crippen LogP contribution in [0.1, 0.15) is 71.8 Å². The van der Waals surface area contributed by atoms with E-state index in [1.165, 1.54) is 43.2 Å². The summed E-state index contributed by atoms with van der Waals surface area (Å²) in [5.41, 5.74) is 3.71. The molecule has 5 aliphatic rings. The van der Waals surface area contributed by atoms with Crippen LogP contribution in [0.2, 0.25) is 0 Å². The van der Waals surface area contributed by atoms with E-state index in [0.717, 1.165) is 24.5 Å². The number of benzene rings is 1. The molecule has 8 atom stereocenters. The molecule has 4 fully saturated rings. The van der Waals surface area contributed by atoms with Gasteiger partial charge >= 0.3 is 0 Å². The summed E-state index contributed by atoms with van der Waals surface area (Å²) in [5, 5.41) is 0. The van der Waals surface area contributed by atoms with Crippen molar-refractivity contribution in [3.05, 3.63) is 47.0 Å². The quantitative estimate of drug-likeness (QED) is 0.586. The molecule has 0 N–H and O–H groups in total. The van der Waals surface area contributed by atoms with Gasteiger partial charge in [0.15, 0.2) is 5.78 Å². The monoisotopic (exact) mass is 433 g/mol. The highest BCUT2D eigenvalue weighted by Gasteiger charge is 2.59. The molecule has 6 rings (SSSR count). The van der Waals surface area contributed by atoms with Gasteiger partial charge in [0.05, 0.1) is 6.10 Å². The standard InChI is InChI=1S/C29H39NO2/c1-17-10-13-22-23(14-17)32-28(30(29(22,3)4)16-19-8-6-5-7-9-19)25-18(2)24-20-11-12-21(15-20)26(24)27(25)31/h5-9,17,20-24,26,28H,10-16H2,1-4H3/t17-,20-,21+,22-,23-,24+,26-,28+/m1/s1. The van der Waals surface area contributed by atoms with E-state index < -0.39 is 0 Å². The number of hydrogen-bond donors (Lipinski definition) is 0. The fraction of sp³-hybridized carbons (Fsp3) is 0.690. The van der Waals surface area contributed by atoms with E-state index in [0.29, 0.717) is 29.5 Å². The van der Waals surface area contributed by atoms with Crippen LogP contribution >= 0.6 is 0 Å². The minimum Gasteiger partial charge on any atom is -0.355 e. The topological polar surface area (TPSA) is 29.5 Å². The van der Waals surface area contributed by atoms with Crippen LogP contribution in [0.3, 0.4) is 0 Å². The highest BCUT2D eigenvalue weighted by molar-refractivity contribution is 6.02. The lowest BCUT2D eigenvalue weighted by atomic mass is 9.69. The van der Waals surface area contributed by atoms with E-state index in [-0.39, 0.29) is 23.8 Å². The van der Waals surface area contributed by atoms with Gasteiger partial charge < -0.3 is 4.74 Å². The Morgan fingerprint density at radius 1 is 1.00 bits per heavy atom. The van der Waals surface area contributed by atoms with Crippen LogP contribution < -0.4 is 0 Å². The van der Waals surface area contributed by atoms with Crippen molar-refractivity contribution in [3.8, 4) is 0 Å². The number of ether oxygens (including phenoxy) is 1. The highest BCUT2D eigenvalue weighted by atomic mass is 16.5. The second-order valence-corrected chi connectivity index (χ2v) is 12.2. The summed E-state index contributed by atoms with van der Waals surface area (Å²) in [6, 6.07) is 10.8. The first kappa shape index (κ1) is 21.1. The Balaban J connectivity index is 1.41. The first-order chi connectivity index (χ1) is 15.4. The summed E-state index contributed by atoms with van der Waals surface area (Å²) in [6.07, 6.45) is 7.54. The molecule has 0 radical (unpaired) electrons. The third-order valence-electron chi connectivity index (χ3n) is 10.1. The average molecular weight is 434 g/mol. The van der Waals surface area contributed by atoms with E-state index in [1.807, 2.05) is 0 Å². The first-order valence-corrected chi connectivity index (χ1v) is 13.1. The third kappa shape index (κ3) is 3.03. The molecular weight excluding hydrogens is 394 g/mol. The number of carbonyl (C=O) groups is 1. The van der Waals surface area contributed by atoms with Crippen molar-refractivity contribution in [2.24, 2.45) is 35.5 Å². The molecule has 0 amide bonds. The molecule has 2 bridgehead atoms. The molecule has 4 aliphatic carbocycles. The number of rotatable bonds is 3. The van der Waals surface area contributed by atoms with Crippen molar-refractivity contribution in [2.75, 3.05) is 0 Å². The fourth-order valence-corrected chi connectivity index (χ4v) is 8.49. The average Bonchev–Trinajstić information content (AvgIpc) is 3.44. The maximum Gasteiger partial charge on any atom is 0.166 e. The van der Waals surface area contributed by atoms with Gasteiger partial charge in [0.2, 0.25) is 0 Å². The zero-order chi connectivity index (χ0) is 22.2. The zero-order valence-corrected chi connectivity index (χ0v) is 20.2. The number of carbonyl (C=O) groups excluding carboxylic acids is 1. The first-order valence-electron chi connectivity index (χ1n) is 13.1. The van der Waals surface area contributed by atoms with Crippen molar-refractivity contribution in [1.82, 2.24) is 4.90 Å². The number of hydrogen-bond acceptors (Lipinski definition) is 3. The predicted octanol–water partition coefficient (Wildman–Crippen LogP) is 5.99. The molecule has 1 aromatic carbocycles. The Kier molecular flexibility index (Phi) is 4.97. The van der Waals surface area contributed by atoms with E-state index in [9.17, 15) is 4.79 Å². The molecule has 1 saturated heterocycles. The summed E-state index contributed by atoms with van der Waals surface area (Å²) >= 11 is 0. The Hall–Kier alpha value is -1.45. The maximum absolute atomic E-state index is 14.0. The molecule has 172 valence electrons. The van der Waals surface area contributed by atoms with Gasteiger partial charge in [-0.3, -0.25) is 9.69 Å². The van der Waals surface area contributed by atoms with Crippen LogP contribution in [0.4, 0.5) is 0 Å². The van der Waals surface area contributed by atoms with Crippen LogP contribution in [0.5, 0.6) is 0 Å². The minimum atomic E-state index is -0.200. The number of allylic oxidation sites excluding steroid dienone is 1. The normalized spacial score (nSPS) is 42.9. The number of nitrogens with zero attached hydrogens (tertiary/aromatic N) is 1. The van der Waals surface area contributed by atoms with Crippen molar-refractivity contribution in [2.45, 2.75) is 90.6 Å². The second-order valence-electron chi connectivity index (χ2n) is 12.2. The van der Waals surface area contributed by atoms with Crippen molar-refractivity contribution in [1.29, 1.82) is 0 Å². The van der Waals surface area contributed by atoms with E-state index in [1.54, 1.807) is 0 Å². The van der Waals surface area contributed by atoms with E-state index in [2.05, 4.69) is 62.9 Å². The lowest BCUT2D eigenvalue weighted by Gasteiger charge is -2.57. The Bertz CT molecular complexity index is 934.